The molecule has 24 heavy (non-hydrogen) atoms. The van der Waals surface area contributed by atoms with Gasteiger partial charge in [-0.15, -0.1) is 0 Å². The van der Waals surface area contributed by atoms with Crippen LogP contribution in [0.2, 0.25) is 0 Å². The Balaban J connectivity index is 1.93. The monoisotopic (exact) mass is 326 g/mol. The van der Waals surface area contributed by atoms with Gasteiger partial charge in [0.25, 0.3) is 0 Å². The average Bonchev–Trinajstić information content (AvgIpc) is 2.55. The van der Waals surface area contributed by atoms with Crippen LogP contribution < -0.4 is 14.2 Å². The summed E-state index contributed by atoms with van der Waals surface area (Å²) in [6.07, 6.45) is 0.758. The van der Waals surface area contributed by atoms with Gasteiger partial charge in [0.05, 0.1) is 6.61 Å². The minimum absolute atomic E-state index is 0.189. The first-order chi connectivity index (χ1) is 11.5. The zero-order chi connectivity index (χ0) is 17.1. The fraction of sp³-hybridized carbons (Fsp3) is 0.263. The Morgan fingerprint density at radius 1 is 1.00 bits per heavy atom. The number of hydrogen-bond acceptors (Lipinski definition) is 5. The van der Waals surface area contributed by atoms with Crippen molar-refractivity contribution in [3.8, 4) is 17.2 Å². The molecule has 0 fully saturated rings. The molecule has 0 saturated heterocycles. The molecule has 1 aliphatic heterocycles. The molecule has 0 amide bonds. The van der Waals surface area contributed by atoms with Crippen LogP contribution >= 0.6 is 0 Å². The Hall–Kier alpha value is -2.82. The Labute approximate surface area is 140 Å². The van der Waals surface area contributed by atoms with Gasteiger partial charge < -0.3 is 14.2 Å². The van der Waals surface area contributed by atoms with Crippen molar-refractivity contribution in [2.45, 2.75) is 26.2 Å². The van der Waals surface area contributed by atoms with Gasteiger partial charge in [-0.2, -0.15) is 0 Å². The molecule has 0 bridgehead atoms. The molecule has 5 heteroatoms. The second-order valence-corrected chi connectivity index (χ2v) is 5.72. The fourth-order valence-corrected chi connectivity index (χ4v) is 2.80. The SMILES string of the molecule is CC(=O)Oc1cc2c(cc1OC(C)=O)OCC(c1ccccc1)C2. The summed E-state index contributed by atoms with van der Waals surface area (Å²) in [6.45, 7) is 3.15. The summed E-state index contributed by atoms with van der Waals surface area (Å²) in [5, 5.41) is 0. The topological polar surface area (TPSA) is 61.8 Å². The van der Waals surface area contributed by atoms with Crippen LogP contribution in [-0.4, -0.2) is 18.5 Å². The van der Waals surface area contributed by atoms with Crippen molar-refractivity contribution >= 4 is 11.9 Å². The highest BCUT2D eigenvalue weighted by atomic mass is 16.6. The van der Waals surface area contributed by atoms with E-state index in [0.29, 0.717) is 12.4 Å². The van der Waals surface area contributed by atoms with Crippen molar-refractivity contribution in [3.63, 3.8) is 0 Å². The fourth-order valence-electron chi connectivity index (χ4n) is 2.80. The Morgan fingerprint density at radius 3 is 2.25 bits per heavy atom. The van der Waals surface area contributed by atoms with E-state index in [9.17, 15) is 9.59 Å². The number of esters is 2. The standard InChI is InChI=1S/C19H18O5/c1-12(20)23-18-9-15-8-16(14-6-4-3-5-7-14)11-22-17(15)10-19(18)24-13(2)21/h3-7,9-10,16H,8,11H2,1-2H3. The molecule has 3 rings (SSSR count). The first kappa shape index (κ1) is 16.1. The molecule has 0 N–H and O–H groups in total. The van der Waals surface area contributed by atoms with Gasteiger partial charge in [-0.05, 0) is 23.6 Å². The van der Waals surface area contributed by atoms with Gasteiger partial charge in [0, 0.05) is 25.8 Å². The number of rotatable bonds is 3. The van der Waals surface area contributed by atoms with E-state index in [2.05, 4.69) is 12.1 Å². The summed E-state index contributed by atoms with van der Waals surface area (Å²) in [4.78, 5) is 22.6. The predicted molar refractivity (Wildman–Crippen MR) is 87.4 cm³/mol. The van der Waals surface area contributed by atoms with Crippen molar-refractivity contribution in [1.29, 1.82) is 0 Å². The van der Waals surface area contributed by atoms with E-state index >= 15 is 0 Å². The third-order valence-electron chi connectivity index (χ3n) is 3.81. The van der Waals surface area contributed by atoms with Crippen LogP contribution in [0.25, 0.3) is 0 Å². The number of hydrogen-bond donors (Lipinski definition) is 0. The normalized spacial score (nSPS) is 15.8. The number of ether oxygens (including phenoxy) is 3. The summed E-state index contributed by atoms with van der Waals surface area (Å²) >= 11 is 0. The molecular formula is C19H18O5. The molecule has 2 aromatic carbocycles. The van der Waals surface area contributed by atoms with E-state index in [-0.39, 0.29) is 17.4 Å². The summed E-state index contributed by atoms with van der Waals surface area (Å²) in [7, 11) is 0. The van der Waals surface area contributed by atoms with Crippen LogP contribution in [0, 0.1) is 0 Å². The zero-order valence-corrected chi connectivity index (χ0v) is 13.6. The molecule has 0 saturated carbocycles. The number of fused-ring (bicyclic) bond motifs is 1. The Morgan fingerprint density at radius 2 is 1.62 bits per heavy atom. The lowest BCUT2D eigenvalue weighted by Gasteiger charge is -2.26. The van der Waals surface area contributed by atoms with Gasteiger partial charge >= 0.3 is 11.9 Å². The highest BCUT2D eigenvalue weighted by Crippen LogP contribution is 2.40. The molecule has 0 radical (unpaired) electrons. The second-order valence-electron chi connectivity index (χ2n) is 5.72. The molecule has 0 spiro atoms. The third-order valence-corrected chi connectivity index (χ3v) is 3.81. The van der Waals surface area contributed by atoms with E-state index in [1.165, 1.54) is 19.4 Å². The highest BCUT2D eigenvalue weighted by molar-refractivity contribution is 5.74. The van der Waals surface area contributed by atoms with Crippen molar-refractivity contribution in [3.05, 3.63) is 53.6 Å². The largest absolute Gasteiger partial charge is 0.493 e. The van der Waals surface area contributed by atoms with Crippen molar-refractivity contribution < 1.29 is 23.8 Å². The molecular weight excluding hydrogens is 308 g/mol. The van der Waals surface area contributed by atoms with Crippen LogP contribution in [0.1, 0.15) is 30.9 Å². The van der Waals surface area contributed by atoms with Crippen molar-refractivity contribution in [2.24, 2.45) is 0 Å². The molecule has 1 aliphatic rings. The lowest BCUT2D eigenvalue weighted by Crippen LogP contribution is -2.19. The molecule has 1 heterocycles. The average molecular weight is 326 g/mol. The Kier molecular flexibility index (Phi) is 4.51. The van der Waals surface area contributed by atoms with Crippen LogP contribution in [0.3, 0.4) is 0 Å². The second kappa shape index (κ2) is 6.74. The first-order valence-corrected chi connectivity index (χ1v) is 7.74. The third kappa shape index (κ3) is 3.56. The number of benzene rings is 2. The minimum Gasteiger partial charge on any atom is -0.493 e. The molecule has 124 valence electrons. The summed E-state index contributed by atoms with van der Waals surface area (Å²) in [5.74, 6) is 0.335. The number of carbonyl (C=O) groups is 2. The molecule has 1 unspecified atom stereocenters. The lowest BCUT2D eigenvalue weighted by molar-refractivity contribution is -0.134. The quantitative estimate of drug-likeness (QED) is 0.640. The maximum atomic E-state index is 11.3. The van der Waals surface area contributed by atoms with Gasteiger partial charge in [-0.3, -0.25) is 9.59 Å². The van der Waals surface area contributed by atoms with Crippen molar-refractivity contribution in [1.82, 2.24) is 0 Å². The van der Waals surface area contributed by atoms with Gasteiger partial charge in [-0.1, -0.05) is 30.3 Å². The van der Waals surface area contributed by atoms with Gasteiger partial charge in [0.2, 0.25) is 0 Å². The maximum Gasteiger partial charge on any atom is 0.308 e. The van der Waals surface area contributed by atoms with Gasteiger partial charge in [0.15, 0.2) is 11.5 Å². The minimum atomic E-state index is -0.485. The molecule has 0 aromatic heterocycles. The van der Waals surface area contributed by atoms with Crippen LogP contribution in [-0.2, 0) is 16.0 Å². The van der Waals surface area contributed by atoms with Gasteiger partial charge in [0.1, 0.15) is 5.75 Å². The van der Waals surface area contributed by atoms with Crippen LogP contribution in [0.5, 0.6) is 17.2 Å². The summed E-state index contributed by atoms with van der Waals surface area (Å²) in [5.41, 5.74) is 2.11. The molecule has 0 aliphatic carbocycles. The lowest BCUT2D eigenvalue weighted by atomic mass is 9.90. The zero-order valence-electron chi connectivity index (χ0n) is 13.6. The summed E-state index contributed by atoms with van der Waals surface area (Å²) < 4.78 is 16.2. The van der Waals surface area contributed by atoms with Crippen LogP contribution in [0.15, 0.2) is 42.5 Å². The van der Waals surface area contributed by atoms with E-state index in [0.717, 1.165) is 12.0 Å². The van der Waals surface area contributed by atoms with E-state index in [4.69, 9.17) is 14.2 Å². The highest BCUT2D eigenvalue weighted by Gasteiger charge is 2.24. The van der Waals surface area contributed by atoms with E-state index in [1.54, 1.807) is 12.1 Å². The Bertz CT molecular complexity index is 767. The first-order valence-electron chi connectivity index (χ1n) is 7.74. The van der Waals surface area contributed by atoms with Crippen molar-refractivity contribution in [2.75, 3.05) is 6.61 Å². The molecule has 5 nitrogen and oxygen atoms in total. The van der Waals surface area contributed by atoms with Crippen LogP contribution in [0.4, 0.5) is 0 Å². The number of carbonyl (C=O) groups excluding carboxylic acids is 2. The maximum absolute atomic E-state index is 11.3. The van der Waals surface area contributed by atoms with E-state index < -0.39 is 11.9 Å². The molecule has 2 aromatic rings. The van der Waals surface area contributed by atoms with E-state index in [1.807, 2.05) is 18.2 Å². The predicted octanol–water partition coefficient (Wildman–Crippen LogP) is 3.26. The summed E-state index contributed by atoms with van der Waals surface area (Å²) in [6, 6.07) is 13.4. The molecule has 1 atom stereocenters. The van der Waals surface area contributed by atoms with Gasteiger partial charge in [-0.25, -0.2) is 0 Å². The smallest absolute Gasteiger partial charge is 0.308 e.